The minimum atomic E-state index is 0.0722. The number of carbonyl (C=O) groups excluding carboxylic acids is 2. The lowest BCUT2D eigenvalue weighted by Gasteiger charge is -2.30. The summed E-state index contributed by atoms with van der Waals surface area (Å²) in [5, 5.41) is 3.22. The van der Waals surface area contributed by atoms with E-state index in [1.54, 1.807) is 11.9 Å². The van der Waals surface area contributed by atoms with Gasteiger partial charge >= 0.3 is 0 Å². The van der Waals surface area contributed by atoms with Gasteiger partial charge in [0.05, 0.1) is 6.54 Å². The molecule has 1 aliphatic heterocycles. The third-order valence-electron chi connectivity index (χ3n) is 4.40. The first kappa shape index (κ1) is 14.3. The largest absolute Gasteiger partial charge is 0.339 e. The molecular weight excluding hydrogens is 242 g/mol. The van der Waals surface area contributed by atoms with Gasteiger partial charge in [0, 0.05) is 39.1 Å². The zero-order chi connectivity index (χ0) is 13.8. The number of rotatable bonds is 3. The molecule has 1 saturated carbocycles. The van der Waals surface area contributed by atoms with Crippen molar-refractivity contribution in [1.29, 1.82) is 0 Å². The predicted molar refractivity (Wildman–Crippen MR) is 73.6 cm³/mol. The van der Waals surface area contributed by atoms with Crippen molar-refractivity contribution >= 4 is 11.8 Å². The van der Waals surface area contributed by atoms with Crippen LogP contribution in [0.4, 0.5) is 0 Å². The molecule has 0 aromatic rings. The Morgan fingerprint density at radius 1 is 1.26 bits per heavy atom. The first-order valence-corrected chi connectivity index (χ1v) is 7.33. The molecule has 2 unspecified atom stereocenters. The van der Waals surface area contributed by atoms with Crippen molar-refractivity contribution < 1.29 is 9.59 Å². The molecule has 2 amide bonds. The molecule has 2 fully saturated rings. The lowest BCUT2D eigenvalue weighted by Crippen LogP contribution is -2.50. The summed E-state index contributed by atoms with van der Waals surface area (Å²) in [5.41, 5.74) is 0. The second-order valence-corrected chi connectivity index (χ2v) is 5.84. The van der Waals surface area contributed by atoms with Crippen molar-refractivity contribution in [3.8, 4) is 0 Å². The highest BCUT2D eigenvalue weighted by Gasteiger charge is 2.32. The van der Waals surface area contributed by atoms with E-state index in [9.17, 15) is 9.59 Å². The molecule has 1 aliphatic carbocycles. The number of amides is 2. The minimum absolute atomic E-state index is 0.0722. The molecular formula is C14H25N3O2. The van der Waals surface area contributed by atoms with E-state index >= 15 is 0 Å². The monoisotopic (exact) mass is 267 g/mol. The molecule has 1 N–H and O–H groups in total. The molecule has 2 rings (SSSR count). The number of hydrogen-bond donors (Lipinski definition) is 1. The van der Waals surface area contributed by atoms with Crippen LogP contribution in [-0.2, 0) is 9.59 Å². The van der Waals surface area contributed by atoms with Gasteiger partial charge in [0.1, 0.15) is 0 Å². The maximum Gasteiger partial charge on any atom is 0.242 e. The summed E-state index contributed by atoms with van der Waals surface area (Å²) in [6, 6.07) is 0. The predicted octanol–water partition coefficient (Wildman–Crippen LogP) is 0.313. The maximum atomic E-state index is 12.3. The van der Waals surface area contributed by atoms with Crippen molar-refractivity contribution in [3.63, 3.8) is 0 Å². The van der Waals surface area contributed by atoms with Gasteiger partial charge < -0.3 is 15.1 Å². The highest BCUT2D eigenvalue weighted by Crippen LogP contribution is 2.32. The van der Waals surface area contributed by atoms with E-state index in [0.717, 1.165) is 45.4 Å². The molecule has 1 heterocycles. The first-order valence-electron chi connectivity index (χ1n) is 7.33. The van der Waals surface area contributed by atoms with E-state index in [4.69, 9.17) is 0 Å². The lowest BCUT2D eigenvalue weighted by molar-refractivity contribution is -0.142. The molecule has 1 saturated heterocycles. The van der Waals surface area contributed by atoms with Crippen LogP contribution in [-0.4, -0.2) is 61.4 Å². The fourth-order valence-electron chi connectivity index (χ4n) is 3.09. The van der Waals surface area contributed by atoms with Gasteiger partial charge in [-0.2, -0.15) is 0 Å². The second kappa shape index (κ2) is 6.37. The summed E-state index contributed by atoms with van der Waals surface area (Å²) >= 11 is 0. The smallest absolute Gasteiger partial charge is 0.242 e. The van der Waals surface area contributed by atoms with Gasteiger partial charge in [-0.25, -0.2) is 0 Å². The Kier molecular flexibility index (Phi) is 4.80. The number of piperazine rings is 1. The summed E-state index contributed by atoms with van der Waals surface area (Å²) in [4.78, 5) is 27.9. The lowest BCUT2D eigenvalue weighted by atomic mass is 9.97. The van der Waals surface area contributed by atoms with E-state index in [1.165, 1.54) is 0 Å². The van der Waals surface area contributed by atoms with Gasteiger partial charge in [-0.1, -0.05) is 13.3 Å². The van der Waals surface area contributed by atoms with Crippen molar-refractivity contribution in [1.82, 2.24) is 15.1 Å². The van der Waals surface area contributed by atoms with Crippen LogP contribution in [0.3, 0.4) is 0 Å². The van der Waals surface area contributed by atoms with E-state index in [-0.39, 0.29) is 24.3 Å². The fourth-order valence-corrected chi connectivity index (χ4v) is 3.09. The highest BCUT2D eigenvalue weighted by atomic mass is 16.2. The van der Waals surface area contributed by atoms with Gasteiger partial charge in [-0.05, 0) is 18.8 Å². The highest BCUT2D eigenvalue weighted by molar-refractivity contribution is 5.86. The Balaban J connectivity index is 1.84. The topological polar surface area (TPSA) is 52.7 Å². The Labute approximate surface area is 115 Å². The third-order valence-corrected chi connectivity index (χ3v) is 4.40. The molecule has 0 radical (unpaired) electrons. The zero-order valence-electron chi connectivity index (χ0n) is 12.0. The quantitative estimate of drug-likeness (QED) is 0.801. The van der Waals surface area contributed by atoms with Gasteiger partial charge in [0.25, 0.3) is 0 Å². The normalized spacial score (nSPS) is 27.4. The standard InChI is InChI=1S/C14H25N3O2/c1-11-4-3-5-12(11)14(19)16(2)10-13(18)17-8-6-15-7-9-17/h11-12,15H,3-10H2,1-2H3. The molecule has 5 heteroatoms. The molecule has 0 aromatic carbocycles. The van der Waals surface area contributed by atoms with Crippen LogP contribution < -0.4 is 5.32 Å². The van der Waals surface area contributed by atoms with Crippen LogP contribution in [0.5, 0.6) is 0 Å². The van der Waals surface area contributed by atoms with Crippen LogP contribution in [0.2, 0.25) is 0 Å². The Bertz CT molecular complexity index is 340. The summed E-state index contributed by atoms with van der Waals surface area (Å²) < 4.78 is 0. The van der Waals surface area contributed by atoms with E-state index in [2.05, 4.69) is 12.2 Å². The van der Waals surface area contributed by atoms with Crippen LogP contribution in [0.25, 0.3) is 0 Å². The van der Waals surface area contributed by atoms with Gasteiger partial charge in [0.15, 0.2) is 0 Å². The van der Waals surface area contributed by atoms with Crippen LogP contribution in [0, 0.1) is 11.8 Å². The molecule has 108 valence electrons. The molecule has 2 aliphatic rings. The summed E-state index contributed by atoms with van der Waals surface area (Å²) in [6.45, 7) is 5.57. The van der Waals surface area contributed by atoms with Gasteiger partial charge in [-0.15, -0.1) is 0 Å². The van der Waals surface area contributed by atoms with Crippen molar-refractivity contribution in [2.75, 3.05) is 39.8 Å². The fraction of sp³-hybridized carbons (Fsp3) is 0.857. The number of carbonyl (C=O) groups is 2. The van der Waals surface area contributed by atoms with Crippen LogP contribution in [0.15, 0.2) is 0 Å². The summed E-state index contributed by atoms with van der Waals surface area (Å²) in [5.74, 6) is 0.807. The van der Waals surface area contributed by atoms with Crippen molar-refractivity contribution in [2.45, 2.75) is 26.2 Å². The Morgan fingerprint density at radius 3 is 2.53 bits per heavy atom. The molecule has 0 aromatic heterocycles. The second-order valence-electron chi connectivity index (χ2n) is 5.84. The first-order chi connectivity index (χ1) is 9.09. The Morgan fingerprint density at radius 2 is 1.95 bits per heavy atom. The molecule has 19 heavy (non-hydrogen) atoms. The SMILES string of the molecule is CC1CCCC1C(=O)N(C)CC(=O)N1CCNCC1. The molecule has 2 atom stereocenters. The number of nitrogens with one attached hydrogen (secondary N) is 1. The third kappa shape index (κ3) is 3.47. The summed E-state index contributed by atoms with van der Waals surface area (Å²) in [7, 11) is 1.76. The maximum absolute atomic E-state index is 12.3. The number of likely N-dealkylation sites (N-methyl/N-ethyl adjacent to an activating group) is 1. The van der Waals surface area contributed by atoms with Crippen LogP contribution in [0.1, 0.15) is 26.2 Å². The van der Waals surface area contributed by atoms with Gasteiger partial charge in [-0.3, -0.25) is 9.59 Å². The van der Waals surface area contributed by atoms with Crippen molar-refractivity contribution in [3.05, 3.63) is 0 Å². The van der Waals surface area contributed by atoms with E-state index in [1.807, 2.05) is 4.90 Å². The average molecular weight is 267 g/mol. The summed E-state index contributed by atoms with van der Waals surface area (Å²) in [6.07, 6.45) is 3.25. The zero-order valence-corrected chi connectivity index (χ0v) is 12.0. The van der Waals surface area contributed by atoms with E-state index < -0.39 is 0 Å². The van der Waals surface area contributed by atoms with Crippen molar-refractivity contribution in [2.24, 2.45) is 11.8 Å². The van der Waals surface area contributed by atoms with Gasteiger partial charge in [0.2, 0.25) is 11.8 Å². The number of nitrogens with zero attached hydrogens (tertiary/aromatic N) is 2. The number of hydrogen-bond acceptors (Lipinski definition) is 3. The van der Waals surface area contributed by atoms with Crippen LogP contribution >= 0.6 is 0 Å². The average Bonchev–Trinajstić information content (AvgIpc) is 2.85. The Hall–Kier alpha value is -1.10. The minimum Gasteiger partial charge on any atom is -0.339 e. The molecule has 0 bridgehead atoms. The molecule has 5 nitrogen and oxygen atoms in total. The van der Waals surface area contributed by atoms with E-state index in [0.29, 0.717) is 5.92 Å². The molecule has 0 spiro atoms.